The lowest BCUT2D eigenvalue weighted by Crippen LogP contribution is -2.50. The van der Waals surface area contributed by atoms with Crippen LogP contribution in [0.3, 0.4) is 0 Å². The monoisotopic (exact) mass is 408 g/mol. The molecule has 1 saturated heterocycles. The SMILES string of the molecule is O=C(CCC(=O)N1CCN(C(=O)c2cc3ccccc3[nH]2)CC1)NCc1ccco1. The summed E-state index contributed by atoms with van der Waals surface area (Å²) in [6.07, 6.45) is 1.83. The number of carbonyl (C=O) groups excluding carboxylic acids is 3. The Labute approximate surface area is 173 Å². The van der Waals surface area contributed by atoms with Gasteiger partial charge >= 0.3 is 0 Å². The van der Waals surface area contributed by atoms with E-state index in [4.69, 9.17) is 4.42 Å². The minimum atomic E-state index is -0.188. The van der Waals surface area contributed by atoms with Crippen LogP contribution in [-0.4, -0.2) is 58.7 Å². The van der Waals surface area contributed by atoms with Crippen LogP contribution in [0.5, 0.6) is 0 Å². The highest BCUT2D eigenvalue weighted by Crippen LogP contribution is 2.17. The number of benzene rings is 1. The number of piperazine rings is 1. The third-order valence-corrected chi connectivity index (χ3v) is 5.29. The number of fused-ring (bicyclic) bond motifs is 1. The van der Waals surface area contributed by atoms with E-state index in [0.29, 0.717) is 44.2 Å². The highest BCUT2D eigenvalue weighted by Gasteiger charge is 2.25. The summed E-state index contributed by atoms with van der Waals surface area (Å²) in [7, 11) is 0. The molecule has 8 nitrogen and oxygen atoms in total. The second-order valence-corrected chi connectivity index (χ2v) is 7.30. The van der Waals surface area contributed by atoms with Crippen LogP contribution in [0.1, 0.15) is 29.1 Å². The number of nitrogens with one attached hydrogen (secondary N) is 2. The minimum Gasteiger partial charge on any atom is -0.467 e. The van der Waals surface area contributed by atoms with E-state index < -0.39 is 0 Å². The van der Waals surface area contributed by atoms with Crippen molar-refractivity contribution in [2.45, 2.75) is 19.4 Å². The van der Waals surface area contributed by atoms with Gasteiger partial charge in [0.15, 0.2) is 0 Å². The molecule has 1 fully saturated rings. The Hall–Kier alpha value is -3.55. The standard InChI is InChI=1S/C22H24N4O4/c27-20(23-15-17-5-3-13-30-17)7-8-21(28)25-9-11-26(12-10-25)22(29)19-14-16-4-1-2-6-18(16)24-19/h1-6,13-14,24H,7-12,15H2,(H,23,27). The van der Waals surface area contributed by atoms with Gasteiger partial charge in [-0.15, -0.1) is 0 Å². The van der Waals surface area contributed by atoms with Crippen molar-refractivity contribution in [2.75, 3.05) is 26.2 Å². The number of hydrogen-bond acceptors (Lipinski definition) is 4. The van der Waals surface area contributed by atoms with Crippen LogP contribution in [0.4, 0.5) is 0 Å². The molecule has 2 aromatic heterocycles. The minimum absolute atomic E-state index is 0.0596. The summed E-state index contributed by atoms with van der Waals surface area (Å²) in [5.41, 5.74) is 1.49. The molecule has 0 unspecified atom stereocenters. The van der Waals surface area contributed by atoms with Crippen molar-refractivity contribution in [3.63, 3.8) is 0 Å². The van der Waals surface area contributed by atoms with Gasteiger partial charge in [-0.25, -0.2) is 0 Å². The number of rotatable bonds is 6. The number of amides is 3. The molecule has 30 heavy (non-hydrogen) atoms. The molecule has 1 aliphatic heterocycles. The summed E-state index contributed by atoms with van der Waals surface area (Å²) in [5, 5.41) is 3.73. The maximum atomic E-state index is 12.8. The predicted molar refractivity (Wildman–Crippen MR) is 111 cm³/mol. The molecule has 3 aromatic rings. The van der Waals surface area contributed by atoms with Crippen molar-refractivity contribution in [3.8, 4) is 0 Å². The molecule has 0 aliphatic carbocycles. The molecule has 0 spiro atoms. The lowest BCUT2D eigenvalue weighted by atomic mass is 10.2. The molecule has 0 atom stereocenters. The molecular weight excluding hydrogens is 384 g/mol. The Morgan fingerprint density at radius 1 is 0.967 bits per heavy atom. The van der Waals surface area contributed by atoms with Crippen LogP contribution < -0.4 is 5.32 Å². The second-order valence-electron chi connectivity index (χ2n) is 7.30. The average Bonchev–Trinajstić information content (AvgIpc) is 3.45. The molecule has 0 radical (unpaired) electrons. The van der Waals surface area contributed by atoms with Gasteiger partial charge in [-0.2, -0.15) is 0 Å². The fourth-order valence-corrected chi connectivity index (χ4v) is 3.58. The highest BCUT2D eigenvalue weighted by atomic mass is 16.3. The Balaban J connectivity index is 1.22. The largest absolute Gasteiger partial charge is 0.467 e. The molecule has 4 rings (SSSR count). The van der Waals surface area contributed by atoms with Crippen LogP contribution in [0, 0.1) is 0 Å². The molecule has 0 bridgehead atoms. The number of aromatic amines is 1. The van der Waals surface area contributed by atoms with Gasteiger partial charge < -0.3 is 24.5 Å². The summed E-state index contributed by atoms with van der Waals surface area (Å²) >= 11 is 0. The first kappa shape index (κ1) is 19.8. The van der Waals surface area contributed by atoms with Crippen molar-refractivity contribution >= 4 is 28.6 Å². The Morgan fingerprint density at radius 2 is 1.73 bits per heavy atom. The normalized spacial score (nSPS) is 14.1. The number of aromatic nitrogens is 1. The van der Waals surface area contributed by atoms with Crippen LogP contribution in [0.25, 0.3) is 10.9 Å². The lowest BCUT2D eigenvalue weighted by molar-refractivity contribution is -0.134. The first-order chi connectivity index (χ1) is 14.6. The molecule has 1 aliphatic rings. The number of furan rings is 1. The smallest absolute Gasteiger partial charge is 0.270 e. The van der Waals surface area contributed by atoms with Crippen molar-refractivity contribution in [1.29, 1.82) is 0 Å². The van der Waals surface area contributed by atoms with Crippen molar-refractivity contribution in [2.24, 2.45) is 0 Å². The van der Waals surface area contributed by atoms with E-state index >= 15 is 0 Å². The maximum absolute atomic E-state index is 12.8. The van der Waals surface area contributed by atoms with Gasteiger partial charge in [0, 0.05) is 49.9 Å². The summed E-state index contributed by atoms with van der Waals surface area (Å²) in [5.74, 6) is 0.356. The Bertz CT molecular complexity index is 1000. The zero-order valence-electron chi connectivity index (χ0n) is 16.6. The molecule has 3 amide bonds. The summed E-state index contributed by atoms with van der Waals surface area (Å²) in [4.78, 5) is 43.7. The average molecular weight is 408 g/mol. The van der Waals surface area contributed by atoms with E-state index in [1.807, 2.05) is 30.3 Å². The van der Waals surface area contributed by atoms with E-state index in [9.17, 15) is 14.4 Å². The zero-order valence-corrected chi connectivity index (χ0v) is 16.6. The Morgan fingerprint density at radius 3 is 2.47 bits per heavy atom. The van der Waals surface area contributed by atoms with E-state index in [-0.39, 0.29) is 30.6 Å². The molecule has 0 saturated carbocycles. The number of carbonyl (C=O) groups is 3. The first-order valence-electron chi connectivity index (χ1n) is 10.0. The lowest BCUT2D eigenvalue weighted by Gasteiger charge is -2.34. The molecule has 3 heterocycles. The van der Waals surface area contributed by atoms with E-state index in [1.54, 1.807) is 28.2 Å². The van der Waals surface area contributed by atoms with Gasteiger partial charge in [0.2, 0.25) is 11.8 Å². The molecule has 8 heteroatoms. The van der Waals surface area contributed by atoms with Gasteiger partial charge in [0.1, 0.15) is 11.5 Å². The summed E-state index contributed by atoms with van der Waals surface area (Å²) in [6, 6.07) is 13.2. The summed E-state index contributed by atoms with van der Waals surface area (Å²) < 4.78 is 5.16. The maximum Gasteiger partial charge on any atom is 0.270 e. The third-order valence-electron chi connectivity index (χ3n) is 5.29. The quantitative estimate of drug-likeness (QED) is 0.653. The molecule has 2 N–H and O–H groups in total. The summed E-state index contributed by atoms with van der Waals surface area (Å²) in [6.45, 7) is 2.21. The van der Waals surface area contributed by atoms with E-state index in [2.05, 4.69) is 10.3 Å². The van der Waals surface area contributed by atoms with Gasteiger partial charge in [0.25, 0.3) is 5.91 Å². The van der Waals surface area contributed by atoms with Gasteiger partial charge in [-0.3, -0.25) is 14.4 Å². The fraction of sp³-hybridized carbons (Fsp3) is 0.318. The molecule has 156 valence electrons. The van der Waals surface area contributed by atoms with Gasteiger partial charge in [0.05, 0.1) is 12.8 Å². The topological polar surface area (TPSA) is 98.7 Å². The number of H-pyrrole nitrogens is 1. The van der Waals surface area contributed by atoms with Gasteiger partial charge in [-0.05, 0) is 24.3 Å². The van der Waals surface area contributed by atoms with Gasteiger partial charge in [-0.1, -0.05) is 18.2 Å². The molecular formula is C22H24N4O4. The number of nitrogens with zero attached hydrogens (tertiary/aromatic N) is 2. The number of hydrogen-bond donors (Lipinski definition) is 2. The van der Waals surface area contributed by atoms with E-state index in [1.165, 1.54) is 0 Å². The first-order valence-corrected chi connectivity index (χ1v) is 10.0. The van der Waals surface area contributed by atoms with Crippen molar-refractivity contribution in [1.82, 2.24) is 20.1 Å². The fourth-order valence-electron chi connectivity index (χ4n) is 3.58. The van der Waals surface area contributed by atoms with Crippen LogP contribution >= 0.6 is 0 Å². The number of para-hydroxylation sites is 1. The Kier molecular flexibility index (Phi) is 5.83. The van der Waals surface area contributed by atoms with Crippen LogP contribution in [0.2, 0.25) is 0 Å². The molecule has 1 aromatic carbocycles. The van der Waals surface area contributed by atoms with Crippen LogP contribution in [-0.2, 0) is 16.1 Å². The van der Waals surface area contributed by atoms with Crippen molar-refractivity contribution in [3.05, 3.63) is 60.2 Å². The highest BCUT2D eigenvalue weighted by molar-refractivity contribution is 5.98. The predicted octanol–water partition coefficient (Wildman–Crippen LogP) is 2.14. The van der Waals surface area contributed by atoms with Crippen molar-refractivity contribution < 1.29 is 18.8 Å². The van der Waals surface area contributed by atoms with Crippen LogP contribution in [0.15, 0.2) is 53.1 Å². The van der Waals surface area contributed by atoms with E-state index in [0.717, 1.165) is 10.9 Å². The zero-order chi connectivity index (χ0) is 20.9. The third kappa shape index (κ3) is 4.53. The second kappa shape index (κ2) is 8.86.